The van der Waals surface area contributed by atoms with Crippen LogP contribution >= 0.6 is 22.6 Å². The molecule has 2 heteroatoms. The normalized spacial score (nSPS) is 9.73. The number of methoxy groups -OCH3 is 1. The van der Waals surface area contributed by atoms with Gasteiger partial charge in [0.1, 0.15) is 5.75 Å². The molecule has 1 rings (SSSR count). The van der Waals surface area contributed by atoms with E-state index in [9.17, 15) is 0 Å². The lowest BCUT2D eigenvalue weighted by Gasteiger charge is -2.04. The van der Waals surface area contributed by atoms with E-state index >= 15 is 0 Å². The van der Waals surface area contributed by atoms with E-state index in [1.165, 1.54) is 11.1 Å². The summed E-state index contributed by atoms with van der Waals surface area (Å²) >= 11 is 2.35. The summed E-state index contributed by atoms with van der Waals surface area (Å²) in [7, 11) is 1.70. The van der Waals surface area contributed by atoms with E-state index in [1.54, 1.807) is 7.11 Å². The largest absolute Gasteiger partial charge is 0.496 e. The van der Waals surface area contributed by atoms with Crippen LogP contribution in [0.2, 0.25) is 0 Å². The maximum atomic E-state index is 5.14. The molecule has 0 fully saturated rings. The van der Waals surface area contributed by atoms with Gasteiger partial charge in [-0.3, -0.25) is 0 Å². The first-order valence-electron chi connectivity index (χ1n) is 3.47. The van der Waals surface area contributed by atoms with Gasteiger partial charge in [-0.1, -0.05) is 34.7 Å². The van der Waals surface area contributed by atoms with Crippen LogP contribution in [0.5, 0.6) is 5.75 Å². The van der Waals surface area contributed by atoms with Gasteiger partial charge in [0.25, 0.3) is 0 Å². The molecule has 0 aromatic heterocycles. The van der Waals surface area contributed by atoms with Crippen LogP contribution < -0.4 is 4.74 Å². The first kappa shape index (κ1) is 8.84. The summed E-state index contributed by atoms with van der Waals surface area (Å²) in [4.78, 5) is 0. The van der Waals surface area contributed by atoms with Crippen molar-refractivity contribution >= 4 is 22.6 Å². The number of hydrogen-bond acceptors (Lipinski definition) is 1. The molecule has 60 valence electrons. The Bertz CT molecular complexity index is 245. The van der Waals surface area contributed by atoms with Crippen LogP contribution in [-0.2, 0) is 4.43 Å². The number of hydrogen-bond donors (Lipinski definition) is 0. The lowest BCUT2D eigenvalue weighted by Crippen LogP contribution is -1.87. The lowest BCUT2D eigenvalue weighted by atomic mass is 10.1. The zero-order valence-corrected chi connectivity index (χ0v) is 8.88. The van der Waals surface area contributed by atoms with Gasteiger partial charge in [0, 0.05) is 4.43 Å². The van der Waals surface area contributed by atoms with Crippen LogP contribution in [0, 0.1) is 6.92 Å². The smallest absolute Gasteiger partial charge is 0.121 e. The Morgan fingerprint density at radius 1 is 1.45 bits per heavy atom. The minimum Gasteiger partial charge on any atom is -0.496 e. The molecule has 0 radical (unpaired) electrons. The van der Waals surface area contributed by atoms with E-state index in [1.807, 2.05) is 6.07 Å². The van der Waals surface area contributed by atoms with E-state index in [4.69, 9.17) is 4.74 Å². The Balaban J connectivity index is 2.99. The van der Waals surface area contributed by atoms with Crippen molar-refractivity contribution < 1.29 is 4.74 Å². The molecular formula is C9H11IO. The summed E-state index contributed by atoms with van der Waals surface area (Å²) < 4.78 is 6.20. The number of benzene rings is 1. The SMILES string of the molecule is COc1ccc(CI)cc1C. The number of rotatable bonds is 2. The van der Waals surface area contributed by atoms with Crippen molar-refractivity contribution in [2.75, 3.05) is 7.11 Å². The second-order valence-electron chi connectivity index (χ2n) is 2.44. The van der Waals surface area contributed by atoms with Gasteiger partial charge in [-0.15, -0.1) is 0 Å². The molecule has 0 aliphatic carbocycles. The Kier molecular flexibility index (Phi) is 3.17. The van der Waals surface area contributed by atoms with Crippen molar-refractivity contribution in [1.82, 2.24) is 0 Å². The maximum Gasteiger partial charge on any atom is 0.121 e. The predicted molar refractivity (Wildman–Crippen MR) is 55.5 cm³/mol. The van der Waals surface area contributed by atoms with E-state index in [0.29, 0.717) is 0 Å². The van der Waals surface area contributed by atoms with Crippen LogP contribution in [0.3, 0.4) is 0 Å². The fourth-order valence-corrected chi connectivity index (χ4v) is 1.50. The maximum absolute atomic E-state index is 5.14. The number of alkyl halides is 1. The highest BCUT2D eigenvalue weighted by atomic mass is 127. The molecular weight excluding hydrogens is 251 g/mol. The molecule has 0 aliphatic rings. The highest BCUT2D eigenvalue weighted by molar-refractivity contribution is 14.1. The van der Waals surface area contributed by atoms with Gasteiger partial charge in [-0.25, -0.2) is 0 Å². The van der Waals surface area contributed by atoms with Crippen molar-refractivity contribution in [1.29, 1.82) is 0 Å². The number of halogens is 1. The third-order valence-electron chi connectivity index (χ3n) is 1.61. The second-order valence-corrected chi connectivity index (χ2v) is 3.20. The van der Waals surface area contributed by atoms with Gasteiger partial charge in [0.15, 0.2) is 0 Å². The van der Waals surface area contributed by atoms with Crippen molar-refractivity contribution in [3.63, 3.8) is 0 Å². The monoisotopic (exact) mass is 262 g/mol. The molecule has 0 bridgehead atoms. The average Bonchev–Trinajstić information content (AvgIpc) is 2.04. The summed E-state index contributed by atoms with van der Waals surface area (Å²) in [6.45, 7) is 2.06. The molecule has 0 unspecified atom stereocenters. The summed E-state index contributed by atoms with van der Waals surface area (Å²) in [5.74, 6) is 0.971. The standard InChI is InChI=1S/C9H11IO/c1-7-5-8(6-10)3-4-9(7)11-2/h3-5H,6H2,1-2H3. The lowest BCUT2D eigenvalue weighted by molar-refractivity contribution is 0.411. The molecule has 0 spiro atoms. The van der Waals surface area contributed by atoms with E-state index < -0.39 is 0 Å². The number of ether oxygens (including phenoxy) is 1. The topological polar surface area (TPSA) is 9.23 Å². The van der Waals surface area contributed by atoms with Crippen LogP contribution in [-0.4, -0.2) is 7.11 Å². The molecule has 0 N–H and O–H groups in total. The predicted octanol–water partition coefficient (Wildman–Crippen LogP) is 2.94. The van der Waals surface area contributed by atoms with Gasteiger partial charge in [0.05, 0.1) is 7.11 Å². The van der Waals surface area contributed by atoms with Gasteiger partial charge in [-0.2, -0.15) is 0 Å². The van der Waals surface area contributed by atoms with Crippen LogP contribution in [0.1, 0.15) is 11.1 Å². The second kappa shape index (κ2) is 3.95. The van der Waals surface area contributed by atoms with Crippen molar-refractivity contribution in [3.8, 4) is 5.75 Å². The average molecular weight is 262 g/mol. The highest BCUT2D eigenvalue weighted by Crippen LogP contribution is 2.19. The quantitative estimate of drug-likeness (QED) is 0.588. The Morgan fingerprint density at radius 2 is 2.18 bits per heavy atom. The molecule has 11 heavy (non-hydrogen) atoms. The minimum atomic E-state index is 0.971. The minimum absolute atomic E-state index is 0.971. The fraction of sp³-hybridized carbons (Fsp3) is 0.333. The molecule has 0 amide bonds. The zero-order chi connectivity index (χ0) is 8.27. The third-order valence-corrected chi connectivity index (χ3v) is 2.49. The van der Waals surface area contributed by atoms with Crippen molar-refractivity contribution in [2.45, 2.75) is 11.4 Å². The molecule has 0 saturated heterocycles. The Hall–Kier alpha value is -0.250. The number of aryl methyl sites for hydroxylation is 1. The Labute approximate surface area is 80.9 Å². The Morgan fingerprint density at radius 3 is 2.64 bits per heavy atom. The van der Waals surface area contributed by atoms with Crippen molar-refractivity contribution in [3.05, 3.63) is 29.3 Å². The van der Waals surface area contributed by atoms with Gasteiger partial charge < -0.3 is 4.74 Å². The molecule has 0 atom stereocenters. The summed E-state index contributed by atoms with van der Waals surface area (Å²) in [6.07, 6.45) is 0. The van der Waals surface area contributed by atoms with E-state index in [2.05, 4.69) is 41.6 Å². The first-order valence-corrected chi connectivity index (χ1v) is 5.00. The summed E-state index contributed by atoms with van der Waals surface area (Å²) in [5, 5.41) is 0. The first-order chi connectivity index (χ1) is 5.27. The van der Waals surface area contributed by atoms with Crippen molar-refractivity contribution in [2.24, 2.45) is 0 Å². The van der Waals surface area contributed by atoms with Gasteiger partial charge in [-0.05, 0) is 24.1 Å². The van der Waals surface area contributed by atoms with Gasteiger partial charge >= 0.3 is 0 Å². The summed E-state index contributed by atoms with van der Waals surface area (Å²) in [6, 6.07) is 6.27. The summed E-state index contributed by atoms with van der Waals surface area (Å²) in [5.41, 5.74) is 2.56. The fourth-order valence-electron chi connectivity index (χ4n) is 1.02. The van der Waals surface area contributed by atoms with E-state index in [-0.39, 0.29) is 0 Å². The van der Waals surface area contributed by atoms with Crippen LogP contribution in [0.25, 0.3) is 0 Å². The van der Waals surface area contributed by atoms with E-state index in [0.717, 1.165) is 10.2 Å². The highest BCUT2D eigenvalue weighted by Gasteiger charge is 1.97. The third kappa shape index (κ3) is 2.09. The van der Waals surface area contributed by atoms with Gasteiger partial charge in [0.2, 0.25) is 0 Å². The van der Waals surface area contributed by atoms with Crippen LogP contribution in [0.4, 0.5) is 0 Å². The molecule has 0 heterocycles. The zero-order valence-electron chi connectivity index (χ0n) is 6.73. The molecule has 1 aromatic carbocycles. The molecule has 1 aromatic rings. The molecule has 0 aliphatic heterocycles. The molecule has 0 saturated carbocycles. The van der Waals surface area contributed by atoms with Crippen LogP contribution in [0.15, 0.2) is 18.2 Å². The molecule has 1 nitrogen and oxygen atoms in total.